The van der Waals surface area contributed by atoms with Gasteiger partial charge in [0.15, 0.2) is 0 Å². The van der Waals surface area contributed by atoms with Crippen LogP contribution < -0.4 is 15.5 Å². The first-order chi connectivity index (χ1) is 14.2. The molecule has 9 nitrogen and oxygen atoms in total. The fraction of sp³-hybridized carbons (Fsp3) is 0.263. The Morgan fingerprint density at radius 1 is 1.27 bits per heavy atom. The molecule has 1 saturated heterocycles. The minimum atomic E-state index is -2.40. The van der Waals surface area contributed by atoms with Crippen molar-refractivity contribution in [2.45, 2.75) is 25.7 Å². The minimum Gasteiger partial charge on any atom is -0.407 e. The van der Waals surface area contributed by atoms with Crippen LogP contribution in [0.2, 0.25) is 0 Å². The quantitative estimate of drug-likeness (QED) is 0.633. The Balaban J connectivity index is 1.60. The summed E-state index contributed by atoms with van der Waals surface area (Å²) in [5.74, 6) is -4.89. The Morgan fingerprint density at radius 3 is 2.57 bits per heavy atom. The smallest absolute Gasteiger partial charge is 0.407 e. The molecule has 3 rings (SSSR count). The second-order valence-electron chi connectivity index (χ2n) is 6.59. The van der Waals surface area contributed by atoms with Crippen molar-refractivity contribution in [2.75, 3.05) is 16.8 Å². The van der Waals surface area contributed by atoms with Crippen molar-refractivity contribution in [1.29, 1.82) is 0 Å². The van der Waals surface area contributed by atoms with Gasteiger partial charge in [-0.3, -0.25) is 9.59 Å². The first kappa shape index (κ1) is 21.1. The lowest BCUT2D eigenvalue weighted by Gasteiger charge is -2.22. The molecular formula is C19H18F2N4O5. The van der Waals surface area contributed by atoms with E-state index in [4.69, 9.17) is 4.74 Å². The van der Waals surface area contributed by atoms with E-state index < -0.39 is 29.4 Å². The first-order valence-corrected chi connectivity index (χ1v) is 8.86. The number of aliphatic hydroxyl groups is 1. The van der Waals surface area contributed by atoms with Crippen molar-refractivity contribution in [2.24, 2.45) is 0 Å². The summed E-state index contributed by atoms with van der Waals surface area (Å²) in [4.78, 5) is 40.7. The summed E-state index contributed by atoms with van der Waals surface area (Å²) < 4.78 is 31.2. The molecule has 1 aliphatic heterocycles. The molecule has 2 heterocycles. The number of nitrogens with one attached hydrogen (secondary N) is 2. The third-order valence-electron chi connectivity index (χ3n) is 4.24. The Morgan fingerprint density at radius 2 is 1.97 bits per heavy atom. The number of halogens is 2. The standard InChI is InChI=1S/C19H18F2N4O5/c1-11(26)24-16-3-2-15(10-22-16)25-5-4-19(29,17(25)27)30-18(28)23-9-12-6-13(20)8-14(21)7-12/h2-3,6-8,10,29H,4-5,9H2,1H3,(H,23,28)(H,22,24,26). The van der Waals surface area contributed by atoms with Crippen LogP contribution in [-0.2, 0) is 20.9 Å². The van der Waals surface area contributed by atoms with Crippen LogP contribution in [-0.4, -0.2) is 40.3 Å². The van der Waals surface area contributed by atoms with Gasteiger partial charge < -0.3 is 25.4 Å². The number of hydrogen-bond acceptors (Lipinski definition) is 6. The number of ether oxygens (including phenoxy) is 1. The van der Waals surface area contributed by atoms with E-state index in [0.29, 0.717) is 11.8 Å². The maximum Gasteiger partial charge on any atom is 0.410 e. The summed E-state index contributed by atoms with van der Waals surface area (Å²) in [5, 5.41) is 15.2. The highest BCUT2D eigenvalue weighted by Gasteiger charge is 2.49. The number of hydrogen-bond donors (Lipinski definition) is 3. The first-order valence-electron chi connectivity index (χ1n) is 8.86. The lowest BCUT2D eigenvalue weighted by Crippen LogP contribution is -2.46. The van der Waals surface area contributed by atoms with Crippen LogP contribution in [0.3, 0.4) is 0 Å². The average Bonchev–Trinajstić information content (AvgIpc) is 2.94. The van der Waals surface area contributed by atoms with Crippen molar-refractivity contribution in [1.82, 2.24) is 10.3 Å². The largest absolute Gasteiger partial charge is 0.410 e. The van der Waals surface area contributed by atoms with E-state index in [0.717, 1.165) is 12.1 Å². The van der Waals surface area contributed by atoms with E-state index in [1.807, 2.05) is 0 Å². The molecule has 0 saturated carbocycles. The minimum absolute atomic E-state index is 0.0544. The third kappa shape index (κ3) is 4.87. The molecule has 1 aromatic carbocycles. The predicted octanol–water partition coefficient (Wildman–Crippen LogP) is 1.67. The van der Waals surface area contributed by atoms with Gasteiger partial charge in [0.05, 0.1) is 11.9 Å². The van der Waals surface area contributed by atoms with Gasteiger partial charge in [-0.05, 0) is 29.8 Å². The van der Waals surface area contributed by atoms with Crippen molar-refractivity contribution < 1.29 is 33.0 Å². The van der Waals surface area contributed by atoms with Gasteiger partial charge in [-0.1, -0.05) is 0 Å². The van der Waals surface area contributed by atoms with Gasteiger partial charge in [-0.15, -0.1) is 0 Å². The van der Waals surface area contributed by atoms with Gasteiger partial charge in [0.1, 0.15) is 17.5 Å². The second-order valence-corrected chi connectivity index (χ2v) is 6.59. The van der Waals surface area contributed by atoms with Gasteiger partial charge in [0, 0.05) is 32.5 Å². The van der Waals surface area contributed by atoms with Crippen molar-refractivity contribution in [3.05, 3.63) is 53.7 Å². The molecule has 1 aromatic heterocycles. The van der Waals surface area contributed by atoms with Crippen molar-refractivity contribution >= 4 is 29.4 Å². The molecule has 3 amide bonds. The topological polar surface area (TPSA) is 121 Å². The number of rotatable bonds is 5. The maximum absolute atomic E-state index is 13.2. The molecule has 1 fully saturated rings. The summed E-state index contributed by atoms with van der Waals surface area (Å²) in [6, 6.07) is 5.73. The summed E-state index contributed by atoms with van der Waals surface area (Å²) >= 11 is 0. The zero-order chi connectivity index (χ0) is 21.9. The normalized spacial score (nSPS) is 18.3. The van der Waals surface area contributed by atoms with Gasteiger partial charge in [-0.2, -0.15) is 0 Å². The number of amides is 3. The van der Waals surface area contributed by atoms with E-state index in [-0.39, 0.29) is 36.8 Å². The molecule has 3 N–H and O–H groups in total. The van der Waals surface area contributed by atoms with E-state index >= 15 is 0 Å². The van der Waals surface area contributed by atoms with E-state index in [1.165, 1.54) is 30.2 Å². The number of pyridine rings is 1. The molecule has 30 heavy (non-hydrogen) atoms. The maximum atomic E-state index is 13.2. The van der Waals surface area contributed by atoms with Gasteiger partial charge >= 0.3 is 6.09 Å². The van der Waals surface area contributed by atoms with Crippen LogP contribution >= 0.6 is 0 Å². The fourth-order valence-electron chi connectivity index (χ4n) is 2.90. The lowest BCUT2D eigenvalue weighted by molar-refractivity contribution is -0.175. The van der Waals surface area contributed by atoms with Gasteiger partial charge in [0.25, 0.3) is 11.7 Å². The van der Waals surface area contributed by atoms with Crippen LogP contribution in [0.1, 0.15) is 18.9 Å². The second kappa shape index (κ2) is 8.41. The zero-order valence-corrected chi connectivity index (χ0v) is 15.8. The molecule has 1 aliphatic rings. The molecule has 1 atom stereocenters. The summed E-state index contributed by atoms with van der Waals surface area (Å²) in [5.41, 5.74) is 0.477. The Hall–Kier alpha value is -3.60. The van der Waals surface area contributed by atoms with Crippen LogP contribution in [0.15, 0.2) is 36.5 Å². The lowest BCUT2D eigenvalue weighted by atomic mass is 10.2. The Kier molecular flexibility index (Phi) is 5.92. The zero-order valence-electron chi connectivity index (χ0n) is 15.8. The van der Waals surface area contributed by atoms with Gasteiger partial charge in [0.2, 0.25) is 5.91 Å². The van der Waals surface area contributed by atoms with Crippen LogP contribution in [0.25, 0.3) is 0 Å². The monoisotopic (exact) mass is 420 g/mol. The van der Waals surface area contributed by atoms with Crippen LogP contribution in [0, 0.1) is 11.6 Å². The summed E-state index contributed by atoms with van der Waals surface area (Å²) in [6.07, 6.45) is 0.00546. The van der Waals surface area contributed by atoms with Crippen LogP contribution in [0.4, 0.5) is 25.1 Å². The highest BCUT2D eigenvalue weighted by molar-refractivity contribution is 6.01. The predicted molar refractivity (Wildman–Crippen MR) is 100 cm³/mol. The molecule has 0 bridgehead atoms. The molecule has 0 aliphatic carbocycles. The van der Waals surface area contributed by atoms with Crippen molar-refractivity contribution in [3.8, 4) is 0 Å². The van der Waals surface area contributed by atoms with Crippen LogP contribution in [0.5, 0.6) is 0 Å². The van der Waals surface area contributed by atoms with Crippen molar-refractivity contribution in [3.63, 3.8) is 0 Å². The molecule has 1 unspecified atom stereocenters. The highest BCUT2D eigenvalue weighted by Crippen LogP contribution is 2.29. The van der Waals surface area contributed by atoms with E-state index in [1.54, 1.807) is 0 Å². The average molecular weight is 420 g/mol. The molecule has 0 spiro atoms. The van der Waals surface area contributed by atoms with E-state index in [2.05, 4.69) is 15.6 Å². The Labute approximate surface area is 169 Å². The Bertz CT molecular complexity index is 965. The highest BCUT2D eigenvalue weighted by atomic mass is 19.1. The molecular weight excluding hydrogens is 402 g/mol. The molecule has 0 radical (unpaired) electrons. The summed E-state index contributed by atoms with van der Waals surface area (Å²) in [6.45, 7) is 1.11. The number of carbonyl (C=O) groups is 3. The summed E-state index contributed by atoms with van der Waals surface area (Å²) in [7, 11) is 0. The fourth-order valence-corrected chi connectivity index (χ4v) is 2.90. The molecule has 11 heteroatoms. The van der Waals surface area contributed by atoms with E-state index in [9.17, 15) is 28.3 Å². The molecule has 158 valence electrons. The van der Waals surface area contributed by atoms with Gasteiger partial charge in [-0.25, -0.2) is 18.6 Å². The number of aromatic nitrogens is 1. The third-order valence-corrected chi connectivity index (χ3v) is 4.24. The molecule has 2 aromatic rings. The number of alkyl carbamates (subject to hydrolysis) is 1. The SMILES string of the molecule is CC(=O)Nc1ccc(N2CCC(O)(OC(=O)NCc3cc(F)cc(F)c3)C2=O)cn1. The number of carbonyl (C=O) groups excluding carboxylic acids is 3. The number of anilines is 2. The number of benzene rings is 1. The number of nitrogens with zero attached hydrogens (tertiary/aromatic N) is 2.